The van der Waals surface area contributed by atoms with Crippen LogP contribution in [0.15, 0.2) is 42.5 Å². The number of aromatic amines is 1. The number of hydrogen-bond donors (Lipinski definition) is 2. The van der Waals surface area contributed by atoms with E-state index in [2.05, 4.69) is 35.6 Å². The van der Waals surface area contributed by atoms with E-state index in [1.54, 1.807) is 6.07 Å². The van der Waals surface area contributed by atoms with E-state index < -0.39 is 0 Å². The van der Waals surface area contributed by atoms with Crippen LogP contribution in [0.3, 0.4) is 0 Å². The van der Waals surface area contributed by atoms with E-state index in [1.165, 1.54) is 0 Å². The summed E-state index contributed by atoms with van der Waals surface area (Å²) in [5.41, 5.74) is 1.03. The fraction of sp³-hybridized carbons (Fsp3) is 0.350. The highest BCUT2D eigenvalue weighted by Crippen LogP contribution is 2.28. The Kier molecular flexibility index (Phi) is 5.37. The highest BCUT2D eigenvalue weighted by molar-refractivity contribution is 6.02. The third-order valence-corrected chi connectivity index (χ3v) is 5.01. The molecule has 1 fully saturated rings. The number of aromatic nitrogens is 5. The van der Waals surface area contributed by atoms with Crippen molar-refractivity contribution in [3.63, 3.8) is 0 Å². The number of H-pyrrole nitrogens is 1. The summed E-state index contributed by atoms with van der Waals surface area (Å²) in [6, 6.07) is 12.9. The van der Waals surface area contributed by atoms with Gasteiger partial charge in [0.2, 0.25) is 5.95 Å². The summed E-state index contributed by atoms with van der Waals surface area (Å²) in [7, 11) is 3.86. The molecular weight excluding hydrogens is 368 g/mol. The first-order chi connectivity index (χ1) is 14.1. The molecule has 1 saturated heterocycles. The molecule has 0 unspecified atom stereocenters. The first-order valence-corrected chi connectivity index (χ1v) is 9.65. The number of piperidine rings is 1. The van der Waals surface area contributed by atoms with Gasteiger partial charge in [0.1, 0.15) is 5.82 Å². The number of anilines is 3. The van der Waals surface area contributed by atoms with Crippen molar-refractivity contribution in [1.29, 1.82) is 0 Å². The number of nitrogens with one attached hydrogen (secondary N) is 2. The summed E-state index contributed by atoms with van der Waals surface area (Å²) in [6.45, 7) is 1.71. The molecule has 0 saturated carbocycles. The fourth-order valence-corrected chi connectivity index (χ4v) is 3.36. The SMILES string of the molecule is CN(C)c1n[nH]c(C2CCN(c3ccc(C(=O)Nc4ccccc4)nn3)CC2)n1. The molecule has 1 aliphatic rings. The fourth-order valence-electron chi connectivity index (χ4n) is 3.36. The molecular formula is C20H24N8O. The van der Waals surface area contributed by atoms with E-state index in [0.717, 1.165) is 43.3 Å². The van der Waals surface area contributed by atoms with Gasteiger partial charge in [-0.3, -0.25) is 9.89 Å². The lowest BCUT2D eigenvalue weighted by atomic mass is 9.96. The molecule has 1 aromatic carbocycles. The molecule has 2 N–H and O–H groups in total. The lowest BCUT2D eigenvalue weighted by molar-refractivity contribution is 0.102. The summed E-state index contributed by atoms with van der Waals surface area (Å²) in [4.78, 5) is 20.9. The van der Waals surface area contributed by atoms with Crippen LogP contribution in [-0.4, -0.2) is 58.5 Å². The van der Waals surface area contributed by atoms with Gasteiger partial charge in [-0.25, -0.2) is 0 Å². The van der Waals surface area contributed by atoms with Gasteiger partial charge in [-0.15, -0.1) is 15.3 Å². The van der Waals surface area contributed by atoms with Crippen LogP contribution in [0.25, 0.3) is 0 Å². The van der Waals surface area contributed by atoms with E-state index >= 15 is 0 Å². The Balaban J connectivity index is 1.34. The number of amides is 1. The van der Waals surface area contributed by atoms with Crippen LogP contribution in [0.2, 0.25) is 0 Å². The molecule has 0 atom stereocenters. The van der Waals surface area contributed by atoms with Gasteiger partial charge in [0.25, 0.3) is 5.91 Å². The van der Waals surface area contributed by atoms with Crippen LogP contribution in [0.4, 0.5) is 17.5 Å². The van der Waals surface area contributed by atoms with Crippen LogP contribution in [-0.2, 0) is 0 Å². The quantitative estimate of drug-likeness (QED) is 0.687. The highest BCUT2D eigenvalue weighted by Gasteiger charge is 2.24. The lowest BCUT2D eigenvalue weighted by Crippen LogP contribution is -2.34. The van der Waals surface area contributed by atoms with Crippen molar-refractivity contribution in [3.05, 3.63) is 54.0 Å². The van der Waals surface area contributed by atoms with Gasteiger partial charge in [-0.2, -0.15) is 4.98 Å². The van der Waals surface area contributed by atoms with Crippen molar-refractivity contribution in [2.75, 3.05) is 42.3 Å². The molecule has 0 aliphatic carbocycles. The molecule has 0 spiro atoms. The maximum atomic E-state index is 12.3. The minimum absolute atomic E-state index is 0.268. The lowest BCUT2D eigenvalue weighted by Gasteiger charge is -2.31. The van der Waals surface area contributed by atoms with E-state index in [4.69, 9.17) is 0 Å². The minimum atomic E-state index is -0.268. The Morgan fingerprint density at radius 3 is 2.48 bits per heavy atom. The van der Waals surface area contributed by atoms with E-state index in [1.807, 2.05) is 55.4 Å². The van der Waals surface area contributed by atoms with Crippen LogP contribution in [0, 0.1) is 0 Å². The Morgan fingerprint density at radius 1 is 1.10 bits per heavy atom. The average molecular weight is 392 g/mol. The standard InChI is InChI=1S/C20H24N8O/c1-27(2)20-22-18(25-26-20)14-10-12-28(13-11-14)17-9-8-16(23-24-17)19(29)21-15-6-4-3-5-7-15/h3-9,14H,10-13H2,1-2H3,(H,21,29)(H,22,25,26). The van der Waals surface area contributed by atoms with Crippen molar-refractivity contribution >= 4 is 23.4 Å². The second-order valence-electron chi connectivity index (χ2n) is 7.27. The van der Waals surface area contributed by atoms with Crippen molar-refractivity contribution in [1.82, 2.24) is 25.4 Å². The topological polar surface area (TPSA) is 103 Å². The zero-order chi connectivity index (χ0) is 20.2. The molecule has 0 bridgehead atoms. The van der Waals surface area contributed by atoms with Crippen molar-refractivity contribution in [2.45, 2.75) is 18.8 Å². The molecule has 29 heavy (non-hydrogen) atoms. The first kappa shape index (κ1) is 18.9. The molecule has 3 aromatic rings. The molecule has 3 heterocycles. The van der Waals surface area contributed by atoms with E-state index in [9.17, 15) is 4.79 Å². The number of carbonyl (C=O) groups is 1. The number of para-hydroxylation sites is 1. The predicted octanol–water partition coefficient (Wildman–Crippen LogP) is 2.30. The number of rotatable bonds is 5. The minimum Gasteiger partial charge on any atom is -0.355 e. The zero-order valence-electron chi connectivity index (χ0n) is 16.5. The van der Waals surface area contributed by atoms with Crippen LogP contribution in [0.1, 0.15) is 35.1 Å². The van der Waals surface area contributed by atoms with Gasteiger partial charge in [-0.1, -0.05) is 18.2 Å². The summed E-state index contributed by atoms with van der Waals surface area (Å²) < 4.78 is 0. The molecule has 9 heteroatoms. The molecule has 0 radical (unpaired) electrons. The Bertz CT molecular complexity index is 946. The molecule has 4 rings (SSSR count). The molecule has 1 aliphatic heterocycles. The smallest absolute Gasteiger partial charge is 0.276 e. The summed E-state index contributed by atoms with van der Waals surface area (Å²) in [6.07, 6.45) is 1.92. The number of benzene rings is 1. The number of hydrogen-bond acceptors (Lipinski definition) is 7. The maximum absolute atomic E-state index is 12.3. The summed E-state index contributed by atoms with van der Waals surface area (Å²) in [5, 5.41) is 18.5. The van der Waals surface area contributed by atoms with Crippen LogP contribution in [0.5, 0.6) is 0 Å². The average Bonchev–Trinajstić information content (AvgIpc) is 3.25. The largest absolute Gasteiger partial charge is 0.355 e. The Hall–Kier alpha value is -3.49. The van der Waals surface area contributed by atoms with Gasteiger partial charge in [0.05, 0.1) is 0 Å². The third kappa shape index (κ3) is 4.34. The van der Waals surface area contributed by atoms with Crippen molar-refractivity contribution in [3.8, 4) is 0 Å². The van der Waals surface area contributed by atoms with Crippen molar-refractivity contribution < 1.29 is 4.79 Å². The molecule has 9 nitrogen and oxygen atoms in total. The third-order valence-electron chi connectivity index (χ3n) is 5.01. The first-order valence-electron chi connectivity index (χ1n) is 9.65. The van der Waals surface area contributed by atoms with Gasteiger partial charge >= 0.3 is 0 Å². The number of carbonyl (C=O) groups excluding carboxylic acids is 1. The molecule has 150 valence electrons. The summed E-state index contributed by atoms with van der Waals surface area (Å²) >= 11 is 0. The molecule has 2 aromatic heterocycles. The van der Waals surface area contributed by atoms with Crippen LogP contribution >= 0.6 is 0 Å². The van der Waals surface area contributed by atoms with E-state index in [0.29, 0.717) is 17.6 Å². The normalized spacial score (nSPS) is 14.6. The second kappa shape index (κ2) is 8.26. The Morgan fingerprint density at radius 2 is 1.86 bits per heavy atom. The van der Waals surface area contributed by atoms with Crippen LogP contribution < -0.4 is 15.1 Å². The second-order valence-corrected chi connectivity index (χ2v) is 7.27. The zero-order valence-corrected chi connectivity index (χ0v) is 16.5. The van der Waals surface area contributed by atoms with Crippen molar-refractivity contribution in [2.24, 2.45) is 0 Å². The van der Waals surface area contributed by atoms with Gasteiger partial charge in [-0.05, 0) is 37.1 Å². The highest BCUT2D eigenvalue weighted by atomic mass is 16.1. The number of nitrogens with zero attached hydrogens (tertiary/aromatic N) is 6. The van der Waals surface area contributed by atoms with E-state index in [-0.39, 0.29) is 5.91 Å². The maximum Gasteiger partial charge on any atom is 0.276 e. The van der Waals surface area contributed by atoms with Gasteiger partial charge < -0.3 is 15.1 Å². The van der Waals surface area contributed by atoms with Gasteiger partial charge in [0, 0.05) is 38.8 Å². The predicted molar refractivity (Wildman–Crippen MR) is 111 cm³/mol. The Labute approximate surface area is 169 Å². The monoisotopic (exact) mass is 392 g/mol. The van der Waals surface area contributed by atoms with Gasteiger partial charge in [0.15, 0.2) is 11.5 Å². The molecule has 1 amide bonds. The summed E-state index contributed by atoms with van der Waals surface area (Å²) in [5.74, 6) is 2.52.